The Bertz CT molecular complexity index is 274. The SMILES string of the molecule is CC(=O)O.CC(=O)O.NC(CCC(=O)O)C(=O)O.[NaH]. The predicted octanol–water partition coefficient (Wildman–Crippen LogP) is -1.20. The van der Waals surface area contributed by atoms with E-state index in [4.69, 9.17) is 35.7 Å². The van der Waals surface area contributed by atoms with Gasteiger partial charge in [0.25, 0.3) is 11.9 Å². The summed E-state index contributed by atoms with van der Waals surface area (Å²) in [6.45, 7) is 2.17. The normalized spacial score (nSPS) is 9.21. The van der Waals surface area contributed by atoms with Gasteiger partial charge in [0.2, 0.25) is 0 Å². The Morgan fingerprint density at radius 3 is 1.37 bits per heavy atom. The van der Waals surface area contributed by atoms with Crippen LogP contribution in [0.3, 0.4) is 0 Å². The number of hydrogen-bond donors (Lipinski definition) is 5. The minimum absolute atomic E-state index is 0. The molecule has 0 fully saturated rings. The van der Waals surface area contributed by atoms with Crippen molar-refractivity contribution in [1.82, 2.24) is 0 Å². The van der Waals surface area contributed by atoms with Crippen molar-refractivity contribution in [2.24, 2.45) is 5.73 Å². The number of hydrogen-bond acceptors (Lipinski definition) is 5. The van der Waals surface area contributed by atoms with Gasteiger partial charge >= 0.3 is 41.5 Å². The summed E-state index contributed by atoms with van der Waals surface area (Å²) in [7, 11) is 0. The molecule has 9 nitrogen and oxygen atoms in total. The maximum atomic E-state index is 9.99. The molecule has 0 radical (unpaired) electrons. The van der Waals surface area contributed by atoms with E-state index in [2.05, 4.69) is 0 Å². The number of carbonyl (C=O) groups is 4. The third kappa shape index (κ3) is 60.3. The van der Waals surface area contributed by atoms with Gasteiger partial charge in [-0.3, -0.25) is 19.2 Å². The zero-order valence-electron chi connectivity index (χ0n) is 9.99. The zero-order chi connectivity index (χ0) is 15.3. The molecule has 0 bridgehead atoms. The van der Waals surface area contributed by atoms with Gasteiger partial charge in [0.05, 0.1) is 0 Å². The summed E-state index contributed by atoms with van der Waals surface area (Å²) >= 11 is 0. The standard InChI is InChI=1S/C5H9NO4.2C2H4O2.Na.H/c6-3(5(9)10)1-2-4(7)8;2*1-2(3)4;;/h3H,1-2,6H2,(H,7,8)(H,9,10);2*1H3,(H,3,4);;. The van der Waals surface area contributed by atoms with E-state index >= 15 is 0 Å². The fourth-order valence-corrected chi connectivity index (χ4v) is 0.402. The summed E-state index contributed by atoms with van der Waals surface area (Å²) in [5, 5.41) is 31.1. The maximum absolute atomic E-state index is 9.99. The first kappa shape index (κ1) is 26.4. The van der Waals surface area contributed by atoms with E-state index in [9.17, 15) is 9.59 Å². The third-order valence-electron chi connectivity index (χ3n) is 0.986. The fraction of sp³-hybridized carbons (Fsp3) is 0.556. The predicted molar refractivity (Wildman–Crippen MR) is 66.2 cm³/mol. The quantitative estimate of drug-likeness (QED) is 0.398. The molecule has 19 heavy (non-hydrogen) atoms. The van der Waals surface area contributed by atoms with Crippen molar-refractivity contribution in [2.75, 3.05) is 0 Å². The zero-order valence-corrected chi connectivity index (χ0v) is 9.99. The monoisotopic (exact) mass is 291 g/mol. The van der Waals surface area contributed by atoms with Crippen LogP contribution < -0.4 is 5.73 Å². The molecule has 10 heteroatoms. The number of rotatable bonds is 4. The first-order chi connectivity index (χ1) is 8.00. The molecule has 0 aromatic heterocycles. The molecule has 0 aliphatic heterocycles. The van der Waals surface area contributed by atoms with Crippen LogP contribution in [0.1, 0.15) is 26.7 Å². The molecule has 0 heterocycles. The molecule has 0 saturated heterocycles. The molecular formula is C9H18NNaO8. The van der Waals surface area contributed by atoms with Crippen LogP contribution in [0.2, 0.25) is 0 Å². The van der Waals surface area contributed by atoms with Crippen molar-refractivity contribution in [2.45, 2.75) is 32.7 Å². The van der Waals surface area contributed by atoms with E-state index in [0.29, 0.717) is 0 Å². The van der Waals surface area contributed by atoms with Crippen LogP contribution in [0, 0.1) is 0 Å². The average Bonchev–Trinajstić information content (AvgIpc) is 2.11. The summed E-state index contributed by atoms with van der Waals surface area (Å²) < 4.78 is 0. The van der Waals surface area contributed by atoms with Crippen LogP contribution in [-0.4, -0.2) is 79.9 Å². The van der Waals surface area contributed by atoms with Gasteiger partial charge in [-0.15, -0.1) is 0 Å². The Hall–Kier alpha value is -1.16. The molecular weight excluding hydrogens is 273 g/mol. The van der Waals surface area contributed by atoms with E-state index in [0.717, 1.165) is 13.8 Å². The van der Waals surface area contributed by atoms with Crippen LogP contribution in [-0.2, 0) is 19.2 Å². The first-order valence-corrected chi connectivity index (χ1v) is 4.59. The van der Waals surface area contributed by atoms with E-state index in [-0.39, 0.29) is 42.4 Å². The van der Waals surface area contributed by atoms with Gasteiger partial charge < -0.3 is 26.2 Å². The van der Waals surface area contributed by atoms with Crippen molar-refractivity contribution in [3.05, 3.63) is 0 Å². The van der Waals surface area contributed by atoms with Gasteiger partial charge in [-0.05, 0) is 6.42 Å². The van der Waals surface area contributed by atoms with Crippen LogP contribution in [0.25, 0.3) is 0 Å². The summed E-state index contributed by atoms with van der Waals surface area (Å²) in [6.07, 6.45) is -0.224. The minimum atomic E-state index is -1.17. The molecule has 0 saturated carbocycles. The second-order valence-electron chi connectivity index (χ2n) is 2.92. The van der Waals surface area contributed by atoms with Gasteiger partial charge in [0.1, 0.15) is 6.04 Å². The van der Waals surface area contributed by atoms with E-state index in [1.165, 1.54) is 0 Å². The number of carboxylic acids is 4. The van der Waals surface area contributed by atoms with E-state index in [1.807, 2.05) is 0 Å². The molecule has 0 rings (SSSR count). The molecule has 0 aliphatic carbocycles. The van der Waals surface area contributed by atoms with E-state index in [1.54, 1.807) is 0 Å². The topological polar surface area (TPSA) is 175 Å². The summed E-state index contributed by atoms with van der Waals surface area (Å²) in [4.78, 5) is 37.9. The third-order valence-corrected chi connectivity index (χ3v) is 0.986. The molecule has 0 aromatic carbocycles. The Balaban J connectivity index is -0.000000105. The van der Waals surface area contributed by atoms with Gasteiger partial charge in [-0.1, -0.05) is 0 Å². The summed E-state index contributed by atoms with van der Waals surface area (Å²) in [6, 6.07) is -1.06. The summed E-state index contributed by atoms with van der Waals surface area (Å²) in [5.74, 6) is -3.86. The molecule has 6 N–H and O–H groups in total. The Labute approximate surface area is 131 Å². The average molecular weight is 291 g/mol. The number of aliphatic carboxylic acids is 4. The molecule has 0 amide bonds. The van der Waals surface area contributed by atoms with E-state index < -0.39 is 29.9 Å². The number of carboxylic acid groups (broad SMARTS) is 4. The van der Waals surface area contributed by atoms with Crippen molar-refractivity contribution in [3.63, 3.8) is 0 Å². The van der Waals surface area contributed by atoms with Crippen molar-refractivity contribution < 1.29 is 39.6 Å². The Morgan fingerprint density at radius 2 is 1.21 bits per heavy atom. The number of nitrogens with two attached hydrogens (primary N) is 1. The second-order valence-corrected chi connectivity index (χ2v) is 2.92. The van der Waals surface area contributed by atoms with Crippen LogP contribution in [0.5, 0.6) is 0 Å². The van der Waals surface area contributed by atoms with Gasteiger partial charge in [-0.25, -0.2) is 0 Å². The molecule has 0 aromatic rings. The molecule has 1 unspecified atom stereocenters. The molecule has 1 atom stereocenters. The van der Waals surface area contributed by atoms with Crippen LogP contribution in [0.15, 0.2) is 0 Å². The fourth-order valence-electron chi connectivity index (χ4n) is 0.402. The van der Waals surface area contributed by atoms with Gasteiger partial charge in [0, 0.05) is 20.3 Å². The molecule has 108 valence electrons. The van der Waals surface area contributed by atoms with Crippen LogP contribution in [0.4, 0.5) is 0 Å². The van der Waals surface area contributed by atoms with Crippen molar-refractivity contribution >= 4 is 53.4 Å². The second kappa shape index (κ2) is 16.8. The Morgan fingerprint density at radius 1 is 0.947 bits per heavy atom. The van der Waals surface area contributed by atoms with Crippen molar-refractivity contribution in [3.8, 4) is 0 Å². The van der Waals surface area contributed by atoms with Gasteiger partial charge in [0.15, 0.2) is 0 Å². The van der Waals surface area contributed by atoms with Crippen molar-refractivity contribution in [1.29, 1.82) is 0 Å². The van der Waals surface area contributed by atoms with Gasteiger partial charge in [-0.2, -0.15) is 0 Å². The summed E-state index contributed by atoms with van der Waals surface area (Å²) in [5.41, 5.74) is 5.00. The molecule has 0 spiro atoms. The molecule has 0 aliphatic rings. The first-order valence-electron chi connectivity index (χ1n) is 4.59. The van der Waals surface area contributed by atoms with Crippen LogP contribution >= 0.6 is 0 Å². The Kier molecular flexibility index (Phi) is 23.4.